The number of carbonyl (C=O) groups excluding carboxylic acids is 1. The molecule has 7 nitrogen and oxygen atoms in total. The molecule has 0 spiro atoms. The van der Waals surface area contributed by atoms with Gasteiger partial charge in [-0.1, -0.05) is 11.6 Å². The molecule has 11 heteroatoms. The van der Waals surface area contributed by atoms with Crippen molar-refractivity contribution in [1.82, 2.24) is 10.2 Å². The summed E-state index contributed by atoms with van der Waals surface area (Å²) in [6, 6.07) is 1.46. The predicted octanol–water partition coefficient (Wildman–Crippen LogP) is 2.53. The molecule has 0 bridgehead atoms. The Morgan fingerprint density at radius 2 is 1.92 bits per heavy atom. The number of nitro benzene ring substituents is 1. The molecule has 0 radical (unpaired) electrons. The monoisotopic (exact) mass is 394 g/mol. The Morgan fingerprint density at radius 3 is 2.42 bits per heavy atom. The molecule has 1 aliphatic rings. The number of piperazine rings is 1. The number of anilines is 1. The Hall–Kier alpha value is -2.07. The average molecular weight is 395 g/mol. The van der Waals surface area contributed by atoms with Gasteiger partial charge in [0.05, 0.1) is 22.1 Å². The first-order valence-electron chi connectivity index (χ1n) is 7.92. The highest BCUT2D eigenvalue weighted by Gasteiger charge is 2.37. The smallest absolute Gasteiger partial charge is 0.363 e. The molecule has 144 valence electrons. The van der Waals surface area contributed by atoms with Gasteiger partial charge < -0.3 is 10.2 Å². The number of nitro groups is 1. The Morgan fingerprint density at radius 1 is 1.31 bits per heavy atom. The molecule has 1 N–H and O–H groups in total. The van der Waals surface area contributed by atoms with E-state index in [1.807, 2.05) is 11.8 Å². The van der Waals surface area contributed by atoms with Gasteiger partial charge in [0.15, 0.2) is 0 Å². The lowest BCUT2D eigenvalue weighted by atomic mass is 10.1. The van der Waals surface area contributed by atoms with Crippen molar-refractivity contribution < 1.29 is 22.9 Å². The maximum absolute atomic E-state index is 12.9. The lowest BCUT2D eigenvalue weighted by Gasteiger charge is -2.35. The van der Waals surface area contributed by atoms with Crippen LogP contribution in [0.4, 0.5) is 24.5 Å². The molecule has 0 aliphatic carbocycles. The third kappa shape index (κ3) is 4.76. The van der Waals surface area contributed by atoms with Crippen molar-refractivity contribution in [1.29, 1.82) is 0 Å². The minimum Gasteiger partial charge on any atom is -0.363 e. The molecule has 0 aromatic heterocycles. The predicted molar refractivity (Wildman–Crippen MR) is 90.4 cm³/mol. The number of nitrogens with zero attached hydrogens (tertiary/aromatic N) is 3. The van der Waals surface area contributed by atoms with Gasteiger partial charge in [-0.05, 0) is 13.0 Å². The highest BCUT2D eigenvalue weighted by molar-refractivity contribution is 6.31. The number of hydrogen-bond donors (Lipinski definition) is 1. The maximum Gasteiger partial charge on any atom is 0.418 e. The normalized spacial score (nSPS) is 15.8. The van der Waals surface area contributed by atoms with Crippen LogP contribution in [0.2, 0.25) is 5.02 Å². The summed E-state index contributed by atoms with van der Waals surface area (Å²) in [5, 5.41) is 13.3. The highest BCUT2D eigenvalue weighted by Crippen LogP contribution is 2.41. The summed E-state index contributed by atoms with van der Waals surface area (Å²) in [6.45, 7) is 4.11. The van der Waals surface area contributed by atoms with Crippen LogP contribution in [-0.4, -0.2) is 55.0 Å². The summed E-state index contributed by atoms with van der Waals surface area (Å²) in [7, 11) is 0. The van der Waals surface area contributed by atoms with Crippen molar-refractivity contribution in [3.8, 4) is 0 Å². The SMILES string of the molecule is CCNC(=O)CN1CCN(c2cc(Cl)c(C(F)(F)F)cc2[N+](=O)[O-])CC1. The number of hydrogen-bond acceptors (Lipinski definition) is 5. The van der Waals surface area contributed by atoms with Crippen molar-refractivity contribution in [2.45, 2.75) is 13.1 Å². The van der Waals surface area contributed by atoms with Gasteiger partial charge in [0, 0.05) is 38.8 Å². The van der Waals surface area contributed by atoms with Gasteiger partial charge in [-0.15, -0.1) is 0 Å². The van der Waals surface area contributed by atoms with Crippen LogP contribution in [0.5, 0.6) is 0 Å². The summed E-state index contributed by atoms with van der Waals surface area (Å²) in [4.78, 5) is 25.5. The lowest BCUT2D eigenvalue weighted by Crippen LogP contribution is -2.49. The minimum absolute atomic E-state index is 0.0469. The fraction of sp³-hybridized carbons (Fsp3) is 0.533. The number of carbonyl (C=O) groups is 1. The maximum atomic E-state index is 12.9. The van der Waals surface area contributed by atoms with E-state index in [2.05, 4.69) is 5.32 Å². The highest BCUT2D eigenvalue weighted by atomic mass is 35.5. The molecule has 0 unspecified atom stereocenters. The zero-order valence-corrected chi connectivity index (χ0v) is 14.7. The Bertz CT molecular complexity index is 691. The molecule has 1 aromatic rings. The van der Waals surface area contributed by atoms with E-state index in [1.54, 1.807) is 4.90 Å². The summed E-state index contributed by atoms with van der Waals surface area (Å²) in [5.74, 6) is -0.121. The first-order valence-corrected chi connectivity index (χ1v) is 8.30. The van der Waals surface area contributed by atoms with E-state index < -0.39 is 27.4 Å². The molecule has 26 heavy (non-hydrogen) atoms. The van der Waals surface area contributed by atoms with Crippen LogP contribution >= 0.6 is 11.6 Å². The van der Waals surface area contributed by atoms with Crippen molar-refractivity contribution in [2.24, 2.45) is 0 Å². The Kier molecular flexibility index (Phi) is 6.30. The molecule has 1 fully saturated rings. The van der Waals surface area contributed by atoms with Gasteiger partial charge >= 0.3 is 6.18 Å². The first-order chi connectivity index (χ1) is 12.1. The average Bonchev–Trinajstić information content (AvgIpc) is 2.54. The zero-order valence-electron chi connectivity index (χ0n) is 14.0. The third-order valence-electron chi connectivity index (χ3n) is 4.02. The number of alkyl halides is 3. The summed E-state index contributed by atoms with van der Waals surface area (Å²) < 4.78 is 38.8. The van der Waals surface area contributed by atoms with Gasteiger partial charge in [-0.25, -0.2) is 0 Å². The summed E-state index contributed by atoms with van der Waals surface area (Å²) in [6.07, 6.45) is -4.77. The summed E-state index contributed by atoms with van der Waals surface area (Å²) >= 11 is 5.71. The quantitative estimate of drug-likeness (QED) is 0.613. The van der Waals surface area contributed by atoms with E-state index in [9.17, 15) is 28.1 Å². The van der Waals surface area contributed by atoms with Crippen molar-refractivity contribution in [3.63, 3.8) is 0 Å². The molecule has 0 saturated carbocycles. The van der Waals surface area contributed by atoms with Crippen LogP contribution < -0.4 is 10.2 Å². The number of rotatable bonds is 5. The topological polar surface area (TPSA) is 78.7 Å². The van der Waals surface area contributed by atoms with Crippen molar-refractivity contribution in [3.05, 3.63) is 32.8 Å². The first kappa shape index (κ1) is 20.2. The van der Waals surface area contributed by atoms with Gasteiger partial charge in [0.2, 0.25) is 5.91 Å². The van der Waals surface area contributed by atoms with Crippen LogP contribution in [0.1, 0.15) is 12.5 Å². The number of halogens is 4. The van der Waals surface area contributed by atoms with E-state index in [-0.39, 0.29) is 18.1 Å². The summed E-state index contributed by atoms with van der Waals surface area (Å²) in [5.41, 5.74) is -1.82. The number of benzene rings is 1. The fourth-order valence-corrected chi connectivity index (χ4v) is 3.04. The largest absolute Gasteiger partial charge is 0.418 e. The standard InChI is InChI=1S/C15H18ClF3N4O3/c1-2-20-14(24)9-21-3-5-22(6-4-21)12-8-11(16)10(15(17,18)19)7-13(12)23(25)26/h7-8H,2-6,9H2,1H3,(H,20,24). The number of likely N-dealkylation sites (N-methyl/N-ethyl adjacent to an activating group) is 1. The van der Waals surface area contributed by atoms with Crippen molar-refractivity contribution in [2.75, 3.05) is 44.2 Å². The molecular weight excluding hydrogens is 377 g/mol. The minimum atomic E-state index is -4.77. The Labute approximate surface area is 152 Å². The van der Waals surface area contributed by atoms with Gasteiger partial charge in [-0.3, -0.25) is 19.8 Å². The fourth-order valence-electron chi connectivity index (χ4n) is 2.77. The molecular formula is C15H18ClF3N4O3. The third-order valence-corrected chi connectivity index (χ3v) is 4.33. The molecule has 1 saturated heterocycles. The second-order valence-corrected chi connectivity index (χ2v) is 6.20. The molecule has 1 aliphatic heterocycles. The van der Waals surface area contributed by atoms with Crippen LogP contribution in [-0.2, 0) is 11.0 Å². The molecule has 1 aromatic carbocycles. The van der Waals surface area contributed by atoms with Gasteiger partial charge in [-0.2, -0.15) is 13.2 Å². The van der Waals surface area contributed by atoms with E-state index in [4.69, 9.17) is 11.6 Å². The van der Waals surface area contributed by atoms with E-state index in [1.165, 1.54) is 0 Å². The second-order valence-electron chi connectivity index (χ2n) is 5.79. The van der Waals surface area contributed by atoms with E-state index >= 15 is 0 Å². The van der Waals surface area contributed by atoms with Crippen molar-refractivity contribution >= 4 is 28.9 Å². The molecule has 0 atom stereocenters. The van der Waals surface area contributed by atoms with Crippen LogP contribution in [0.25, 0.3) is 0 Å². The van der Waals surface area contributed by atoms with Crippen LogP contribution in [0.15, 0.2) is 12.1 Å². The van der Waals surface area contributed by atoms with E-state index in [0.717, 1.165) is 6.07 Å². The second kappa shape index (κ2) is 8.09. The zero-order chi connectivity index (χ0) is 19.5. The van der Waals surface area contributed by atoms with Crippen LogP contribution in [0, 0.1) is 10.1 Å². The molecule has 1 heterocycles. The van der Waals surface area contributed by atoms with Gasteiger partial charge in [0.1, 0.15) is 5.69 Å². The number of nitrogens with one attached hydrogen (secondary N) is 1. The molecule has 1 amide bonds. The Balaban J connectivity index is 2.18. The number of amides is 1. The molecule has 2 rings (SSSR count). The van der Waals surface area contributed by atoms with E-state index in [0.29, 0.717) is 38.8 Å². The van der Waals surface area contributed by atoms with Crippen LogP contribution in [0.3, 0.4) is 0 Å². The lowest BCUT2D eigenvalue weighted by molar-refractivity contribution is -0.384. The van der Waals surface area contributed by atoms with Gasteiger partial charge in [0.25, 0.3) is 5.69 Å².